The summed E-state index contributed by atoms with van der Waals surface area (Å²) >= 11 is 0. The number of oxazole rings is 1. The SMILES string of the molecule is CCS(=O)(=O)Nc1ccc(CC(=O)N2C[C@H](OCC3CCCCC3)C[C@H]2C(=O)N[C@@H](CCCCN)C(=O)c2nc3ccccc3o2)cc1. The van der Waals surface area contributed by atoms with Crippen molar-refractivity contribution < 1.29 is 32.0 Å². The van der Waals surface area contributed by atoms with Crippen LogP contribution in [0.3, 0.4) is 0 Å². The van der Waals surface area contributed by atoms with Gasteiger partial charge in [0.25, 0.3) is 5.89 Å². The first-order valence-corrected chi connectivity index (χ1v) is 18.7. The van der Waals surface area contributed by atoms with Crippen molar-refractivity contribution in [3.63, 3.8) is 0 Å². The summed E-state index contributed by atoms with van der Waals surface area (Å²) in [5.41, 5.74) is 7.83. The van der Waals surface area contributed by atoms with Gasteiger partial charge in [-0.1, -0.05) is 43.5 Å². The molecule has 3 aromatic rings. The van der Waals surface area contributed by atoms with Gasteiger partial charge < -0.3 is 25.1 Å². The van der Waals surface area contributed by atoms with Gasteiger partial charge in [0.1, 0.15) is 11.6 Å². The fourth-order valence-electron chi connectivity index (χ4n) is 6.44. The Morgan fingerprint density at radius 3 is 2.52 bits per heavy atom. The number of unbranched alkanes of at least 4 members (excludes halogenated alkanes) is 1. The predicted octanol–water partition coefficient (Wildman–Crippen LogP) is 4.20. The largest absolute Gasteiger partial charge is 0.434 e. The zero-order chi connectivity index (χ0) is 34.1. The Kier molecular flexibility index (Phi) is 12.2. The Morgan fingerprint density at radius 1 is 1.06 bits per heavy atom. The molecule has 0 bridgehead atoms. The average Bonchev–Trinajstić information content (AvgIpc) is 3.73. The first-order chi connectivity index (χ1) is 23.2. The van der Waals surface area contributed by atoms with Crippen LogP contribution in [-0.4, -0.2) is 79.5 Å². The first-order valence-electron chi connectivity index (χ1n) is 17.1. The molecular formula is C35H47N5O7S. The number of likely N-dealkylation sites (tertiary alicyclic amines) is 1. The van der Waals surface area contributed by atoms with Crippen LogP contribution < -0.4 is 15.8 Å². The van der Waals surface area contributed by atoms with Crippen LogP contribution in [0.25, 0.3) is 11.1 Å². The summed E-state index contributed by atoms with van der Waals surface area (Å²) in [6.45, 7) is 2.86. The Labute approximate surface area is 282 Å². The lowest BCUT2D eigenvalue weighted by molar-refractivity contribution is -0.138. The molecule has 2 aromatic carbocycles. The molecule has 0 spiro atoms. The maximum Gasteiger partial charge on any atom is 0.266 e. The van der Waals surface area contributed by atoms with E-state index in [1.165, 1.54) is 19.3 Å². The zero-order valence-electron chi connectivity index (χ0n) is 27.6. The van der Waals surface area contributed by atoms with Crippen LogP contribution in [-0.2, 0) is 30.8 Å². The molecule has 2 fully saturated rings. The highest BCUT2D eigenvalue weighted by atomic mass is 32.2. The summed E-state index contributed by atoms with van der Waals surface area (Å²) in [7, 11) is -3.43. The number of sulfonamides is 1. The molecule has 48 heavy (non-hydrogen) atoms. The maximum absolute atomic E-state index is 14.0. The number of amides is 2. The van der Waals surface area contributed by atoms with E-state index in [9.17, 15) is 22.8 Å². The number of aromatic nitrogens is 1. The summed E-state index contributed by atoms with van der Waals surface area (Å²) in [5.74, 6) is -0.780. The van der Waals surface area contributed by atoms with E-state index in [2.05, 4.69) is 15.0 Å². The number of fused-ring (bicyclic) bond motifs is 1. The van der Waals surface area contributed by atoms with E-state index in [0.29, 0.717) is 67.1 Å². The number of ketones is 1. The van der Waals surface area contributed by atoms with Crippen LogP contribution in [0.15, 0.2) is 52.9 Å². The number of carbonyl (C=O) groups is 3. The number of nitrogens with zero attached hydrogens (tertiary/aromatic N) is 2. The summed E-state index contributed by atoms with van der Waals surface area (Å²) in [5, 5.41) is 2.93. The van der Waals surface area contributed by atoms with Gasteiger partial charge in [0, 0.05) is 25.3 Å². The molecule has 1 aliphatic heterocycles. The van der Waals surface area contributed by atoms with Crippen LogP contribution in [0.1, 0.15) is 81.0 Å². The number of anilines is 1. The highest BCUT2D eigenvalue weighted by molar-refractivity contribution is 7.92. The quantitative estimate of drug-likeness (QED) is 0.148. The Bertz CT molecular complexity index is 1620. The van der Waals surface area contributed by atoms with Crippen molar-refractivity contribution in [2.75, 3.05) is 30.2 Å². The number of hydrogen-bond donors (Lipinski definition) is 3. The molecule has 1 saturated heterocycles. The van der Waals surface area contributed by atoms with Gasteiger partial charge >= 0.3 is 0 Å². The van der Waals surface area contributed by atoms with Crippen LogP contribution in [0, 0.1) is 5.92 Å². The number of para-hydroxylation sites is 2. The van der Waals surface area contributed by atoms with E-state index < -0.39 is 33.8 Å². The van der Waals surface area contributed by atoms with Crippen LogP contribution in [0.4, 0.5) is 5.69 Å². The molecular weight excluding hydrogens is 634 g/mol. The predicted molar refractivity (Wildman–Crippen MR) is 183 cm³/mol. The molecule has 1 aliphatic carbocycles. The molecule has 1 aromatic heterocycles. The van der Waals surface area contributed by atoms with Crippen molar-refractivity contribution in [3.8, 4) is 0 Å². The lowest BCUT2D eigenvalue weighted by atomic mass is 9.90. The fourth-order valence-corrected chi connectivity index (χ4v) is 7.08. The van der Waals surface area contributed by atoms with Gasteiger partial charge in [-0.3, -0.25) is 19.1 Å². The average molecular weight is 682 g/mol. The molecule has 0 radical (unpaired) electrons. The summed E-state index contributed by atoms with van der Waals surface area (Å²) in [6.07, 6.45) is 7.49. The first kappa shape index (κ1) is 35.5. The van der Waals surface area contributed by atoms with Crippen LogP contribution in [0.2, 0.25) is 0 Å². The normalized spacial score (nSPS) is 19.3. The number of nitrogens with two attached hydrogens (primary N) is 1. The van der Waals surface area contributed by atoms with Gasteiger partial charge in [-0.25, -0.2) is 13.4 Å². The van der Waals surface area contributed by atoms with Crippen LogP contribution in [0.5, 0.6) is 0 Å². The third-order valence-corrected chi connectivity index (χ3v) is 10.5. The standard InChI is InChI=1S/C35H47N5O7S/c1-2-48(44,45)39-26-17-15-24(16-18-26)20-32(41)40-22-27(46-23-25-10-4-3-5-11-25)21-30(40)34(43)37-29(13-8-9-19-36)33(42)35-38-28-12-6-7-14-31(28)47-35/h6-7,12,14-18,25,27,29-30,39H,2-5,8-11,13,19-23,36H2,1H3,(H,37,43)/t27-,29+,30+/m1/s1. The highest BCUT2D eigenvalue weighted by Crippen LogP contribution is 2.28. The second-order valence-corrected chi connectivity index (χ2v) is 14.8. The number of nitrogens with one attached hydrogen (secondary N) is 2. The zero-order valence-corrected chi connectivity index (χ0v) is 28.4. The Morgan fingerprint density at radius 2 is 1.81 bits per heavy atom. The lowest BCUT2D eigenvalue weighted by Gasteiger charge is -2.26. The van der Waals surface area contributed by atoms with Gasteiger partial charge in [-0.15, -0.1) is 0 Å². The molecule has 1 saturated carbocycles. The lowest BCUT2D eigenvalue weighted by Crippen LogP contribution is -2.51. The monoisotopic (exact) mass is 681 g/mol. The van der Waals surface area contributed by atoms with E-state index >= 15 is 0 Å². The van der Waals surface area contributed by atoms with Gasteiger partial charge in [0.15, 0.2) is 5.58 Å². The topological polar surface area (TPSA) is 174 Å². The number of ether oxygens (including phenoxy) is 1. The minimum atomic E-state index is -3.43. The van der Waals surface area contributed by atoms with Crippen LogP contribution >= 0.6 is 0 Å². The minimum Gasteiger partial charge on any atom is -0.434 e. The number of Topliss-reactive ketones (excluding diaryl/α,β-unsaturated/α-hetero) is 1. The van der Waals surface area contributed by atoms with Gasteiger partial charge in [-0.05, 0) is 81.3 Å². The molecule has 5 rings (SSSR count). The summed E-state index contributed by atoms with van der Waals surface area (Å²) in [4.78, 5) is 47.3. The van der Waals surface area contributed by atoms with E-state index in [0.717, 1.165) is 12.8 Å². The van der Waals surface area contributed by atoms with Gasteiger partial charge in [0.2, 0.25) is 27.6 Å². The summed E-state index contributed by atoms with van der Waals surface area (Å²) in [6, 6.07) is 12.0. The molecule has 2 heterocycles. The smallest absolute Gasteiger partial charge is 0.266 e. The number of hydrogen-bond acceptors (Lipinski definition) is 9. The second-order valence-electron chi connectivity index (χ2n) is 12.8. The molecule has 12 nitrogen and oxygen atoms in total. The maximum atomic E-state index is 14.0. The Balaban J connectivity index is 1.31. The van der Waals surface area contributed by atoms with Crippen molar-refractivity contribution in [3.05, 3.63) is 60.0 Å². The van der Waals surface area contributed by atoms with Gasteiger partial charge in [-0.2, -0.15) is 0 Å². The Hall–Kier alpha value is -3.81. The summed E-state index contributed by atoms with van der Waals surface area (Å²) < 4.78 is 38.4. The van der Waals surface area contributed by atoms with E-state index in [4.69, 9.17) is 14.9 Å². The molecule has 13 heteroatoms. The van der Waals surface area contributed by atoms with Crippen molar-refractivity contribution in [2.24, 2.45) is 11.7 Å². The second kappa shape index (κ2) is 16.5. The molecule has 2 aliphatic rings. The number of benzene rings is 2. The molecule has 0 unspecified atom stereocenters. The third-order valence-electron chi connectivity index (χ3n) is 9.23. The van der Waals surface area contributed by atoms with Crippen molar-refractivity contribution in [1.29, 1.82) is 0 Å². The van der Waals surface area contributed by atoms with E-state index in [-0.39, 0.29) is 36.6 Å². The number of carbonyl (C=O) groups excluding carboxylic acids is 3. The molecule has 4 N–H and O–H groups in total. The van der Waals surface area contributed by atoms with Crippen molar-refractivity contribution in [2.45, 2.75) is 89.3 Å². The minimum absolute atomic E-state index is 0.0156. The highest BCUT2D eigenvalue weighted by Gasteiger charge is 2.41. The van der Waals surface area contributed by atoms with E-state index in [1.807, 2.05) is 0 Å². The number of rotatable bonds is 16. The van der Waals surface area contributed by atoms with Crippen molar-refractivity contribution >= 4 is 44.4 Å². The third kappa shape index (κ3) is 9.42. The molecule has 260 valence electrons. The fraction of sp³-hybridized carbons (Fsp3) is 0.543. The van der Waals surface area contributed by atoms with Crippen molar-refractivity contribution in [1.82, 2.24) is 15.2 Å². The van der Waals surface area contributed by atoms with E-state index in [1.54, 1.807) is 60.4 Å². The molecule has 2 amide bonds. The molecule has 3 atom stereocenters. The van der Waals surface area contributed by atoms with Gasteiger partial charge in [0.05, 0.1) is 24.3 Å².